The van der Waals surface area contributed by atoms with Gasteiger partial charge in [-0.2, -0.15) is 0 Å². The lowest BCUT2D eigenvalue weighted by molar-refractivity contribution is 0.00927. The molecule has 17 heavy (non-hydrogen) atoms. The van der Waals surface area contributed by atoms with Gasteiger partial charge >= 0.3 is 0 Å². The van der Waals surface area contributed by atoms with Crippen molar-refractivity contribution >= 4 is 5.82 Å². The van der Waals surface area contributed by atoms with Crippen molar-refractivity contribution in [3.63, 3.8) is 0 Å². The normalized spacial score (nSPS) is 28.4. The summed E-state index contributed by atoms with van der Waals surface area (Å²) in [5.74, 6) is 7.52. The number of hydrogen-bond acceptors (Lipinski definition) is 5. The molecule has 0 radical (unpaired) electrons. The van der Waals surface area contributed by atoms with Crippen molar-refractivity contribution in [1.82, 2.24) is 9.97 Å². The van der Waals surface area contributed by atoms with Gasteiger partial charge in [0.05, 0.1) is 0 Å². The van der Waals surface area contributed by atoms with Gasteiger partial charge in [-0.25, -0.2) is 15.8 Å². The standard InChI is InChI=1S/C12H18N4O/c1-12(5-2-6-17-12)11-14-9(8-3-4-8)7-10(15-11)16-13/h7-8H,2-6,13H2,1H3,(H,14,15,16). The van der Waals surface area contributed by atoms with Gasteiger partial charge in [-0.05, 0) is 32.6 Å². The van der Waals surface area contributed by atoms with Crippen LogP contribution in [0.3, 0.4) is 0 Å². The van der Waals surface area contributed by atoms with Crippen LogP contribution < -0.4 is 11.3 Å². The Balaban J connectivity index is 1.99. The van der Waals surface area contributed by atoms with Crippen LogP contribution in [-0.2, 0) is 10.3 Å². The Bertz CT molecular complexity index is 425. The van der Waals surface area contributed by atoms with Gasteiger partial charge in [0.25, 0.3) is 0 Å². The van der Waals surface area contributed by atoms with E-state index in [2.05, 4.69) is 22.3 Å². The first kappa shape index (κ1) is 10.9. The summed E-state index contributed by atoms with van der Waals surface area (Å²) in [7, 11) is 0. The zero-order valence-corrected chi connectivity index (χ0v) is 10.1. The van der Waals surface area contributed by atoms with Crippen molar-refractivity contribution in [2.45, 2.75) is 44.1 Å². The third-order valence-corrected chi connectivity index (χ3v) is 3.58. The van der Waals surface area contributed by atoms with Crippen molar-refractivity contribution in [2.24, 2.45) is 5.84 Å². The van der Waals surface area contributed by atoms with E-state index in [4.69, 9.17) is 10.6 Å². The molecular formula is C12H18N4O. The Morgan fingerprint density at radius 3 is 2.88 bits per heavy atom. The van der Waals surface area contributed by atoms with Gasteiger partial charge in [0, 0.05) is 24.3 Å². The molecular weight excluding hydrogens is 216 g/mol. The minimum atomic E-state index is -0.337. The molecule has 2 heterocycles. The summed E-state index contributed by atoms with van der Waals surface area (Å²) in [6.45, 7) is 2.85. The van der Waals surface area contributed by atoms with Crippen LogP contribution in [0.25, 0.3) is 0 Å². The molecule has 0 bridgehead atoms. The van der Waals surface area contributed by atoms with E-state index in [-0.39, 0.29) is 5.60 Å². The number of nitrogens with one attached hydrogen (secondary N) is 1. The van der Waals surface area contributed by atoms with Crippen molar-refractivity contribution in [2.75, 3.05) is 12.0 Å². The minimum absolute atomic E-state index is 0.337. The van der Waals surface area contributed by atoms with Gasteiger partial charge in [-0.15, -0.1) is 0 Å². The molecule has 5 nitrogen and oxygen atoms in total. The predicted molar refractivity (Wildman–Crippen MR) is 64.4 cm³/mol. The fourth-order valence-electron chi connectivity index (χ4n) is 2.32. The molecule has 1 saturated carbocycles. The lowest BCUT2D eigenvalue weighted by Gasteiger charge is -2.22. The van der Waals surface area contributed by atoms with E-state index in [1.165, 1.54) is 12.8 Å². The summed E-state index contributed by atoms with van der Waals surface area (Å²) in [6.07, 6.45) is 4.49. The minimum Gasteiger partial charge on any atom is -0.367 e. The highest BCUT2D eigenvalue weighted by molar-refractivity contribution is 5.37. The van der Waals surface area contributed by atoms with Gasteiger partial charge in [0.1, 0.15) is 11.4 Å². The Hall–Kier alpha value is -1.20. The first-order valence-electron chi connectivity index (χ1n) is 6.21. The molecule has 1 atom stereocenters. The van der Waals surface area contributed by atoms with Crippen molar-refractivity contribution in [3.8, 4) is 0 Å². The van der Waals surface area contributed by atoms with E-state index in [0.717, 1.165) is 31.0 Å². The maximum Gasteiger partial charge on any atom is 0.162 e. The van der Waals surface area contributed by atoms with E-state index in [0.29, 0.717) is 11.7 Å². The zero-order chi connectivity index (χ0) is 11.9. The molecule has 1 aromatic heterocycles. The summed E-state index contributed by atoms with van der Waals surface area (Å²) in [5.41, 5.74) is 3.38. The van der Waals surface area contributed by atoms with Crippen LogP contribution in [0.5, 0.6) is 0 Å². The largest absolute Gasteiger partial charge is 0.367 e. The maximum absolute atomic E-state index is 5.79. The Kier molecular flexibility index (Phi) is 2.52. The fourth-order valence-corrected chi connectivity index (χ4v) is 2.32. The molecule has 0 spiro atoms. The number of ether oxygens (including phenoxy) is 1. The monoisotopic (exact) mass is 234 g/mol. The van der Waals surface area contributed by atoms with Crippen LogP contribution in [0, 0.1) is 0 Å². The first-order valence-corrected chi connectivity index (χ1v) is 6.21. The SMILES string of the molecule is CC1(c2nc(NN)cc(C3CC3)n2)CCCO1. The summed E-state index contributed by atoms with van der Waals surface area (Å²) in [6, 6.07) is 1.94. The van der Waals surface area contributed by atoms with Crippen LogP contribution in [0.15, 0.2) is 6.07 Å². The van der Waals surface area contributed by atoms with Crippen LogP contribution in [0.4, 0.5) is 5.82 Å². The molecule has 0 amide bonds. The van der Waals surface area contributed by atoms with E-state index in [1.807, 2.05) is 6.07 Å². The van der Waals surface area contributed by atoms with E-state index in [9.17, 15) is 0 Å². The summed E-state index contributed by atoms with van der Waals surface area (Å²) < 4.78 is 5.79. The molecule has 2 aliphatic rings. The van der Waals surface area contributed by atoms with Crippen molar-refractivity contribution < 1.29 is 4.74 Å². The van der Waals surface area contributed by atoms with Crippen LogP contribution in [-0.4, -0.2) is 16.6 Å². The van der Waals surface area contributed by atoms with Crippen molar-refractivity contribution in [3.05, 3.63) is 17.6 Å². The zero-order valence-electron chi connectivity index (χ0n) is 10.1. The fraction of sp³-hybridized carbons (Fsp3) is 0.667. The Labute approximate surface area is 101 Å². The second kappa shape index (κ2) is 3.92. The number of hydrazine groups is 1. The van der Waals surface area contributed by atoms with Gasteiger partial charge in [-0.1, -0.05) is 0 Å². The van der Waals surface area contributed by atoms with Gasteiger partial charge < -0.3 is 10.2 Å². The molecule has 3 N–H and O–H groups in total. The molecule has 0 aromatic carbocycles. The second-order valence-corrected chi connectivity index (χ2v) is 5.10. The van der Waals surface area contributed by atoms with Crippen LogP contribution in [0.2, 0.25) is 0 Å². The lowest BCUT2D eigenvalue weighted by Crippen LogP contribution is -2.25. The summed E-state index contributed by atoms with van der Waals surface area (Å²) in [5, 5.41) is 0. The molecule has 5 heteroatoms. The number of nitrogen functional groups attached to an aromatic ring is 1. The topological polar surface area (TPSA) is 73.1 Å². The van der Waals surface area contributed by atoms with E-state index in [1.54, 1.807) is 0 Å². The van der Waals surface area contributed by atoms with Gasteiger partial charge in [0.15, 0.2) is 5.82 Å². The van der Waals surface area contributed by atoms with Crippen LogP contribution >= 0.6 is 0 Å². The average molecular weight is 234 g/mol. The molecule has 92 valence electrons. The highest BCUT2D eigenvalue weighted by atomic mass is 16.5. The van der Waals surface area contributed by atoms with E-state index < -0.39 is 0 Å². The number of nitrogens with zero attached hydrogens (tertiary/aromatic N) is 2. The summed E-state index contributed by atoms with van der Waals surface area (Å²) in [4.78, 5) is 9.11. The quantitative estimate of drug-likeness (QED) is 0.614. The molecule has 1 saturated heterocycles. The number of nitrogens with two attached hydrogens (primary N) is 1. The summed E-state index contributed by atoms with van der Waals surface area (Å²) >= 11 is 0. The third kappa shape index (κ3) is 2.00. The Morgan fingerprint density at radius 1 is 1.47 bits per heavy atom. The third-order valence-electron chi connectivity index (χ3n) is 3.58. The molecule has 1 unspecified atom stereocenters. The average Bonchev–Trinajstić information content (AvgIpc) is 3.11. The first-order chi connectivity index (χ1) is 8.21. The number of aromatic nitrogens is 2. The molecule has 3 rings (SSSR count). The van der Waals surface area contributed by atoms with Crippen LogP contribution in [0.1, 0.15) is 50.0 Å². The Morgan fingerprint density at radius 2 is 2.29 bits per heavy atom. The maximum atomic E-state index is 5.79. The van der Waals surface area contributed by atoms with E-state index >= 15 is 0 Å². The van der Waals surface area contributed by atoms with Crippen molar-refractivity contribution in [1.29, 1.82) is 0 Å². The number of hydrogen-bond donors (Lipinski definition) is 2. The molecule has 1 aliphatic heterocycles. The number of rotatable bonds is 3. The lowest BCUT2D eigenvalue weighted by atomic mass is 10.0. The van der Waals surface area contributed by atoms with Gasteiger partial charge in [0.2, 0.25) is 0 Å². The molecule has 2 fully saturated rings. The highest BCUT2D eigenvalue weighted by Crippen LogP contribution is 2.41. The highest BCUT2D eigenvalue weighted by Gasteiger charge is 2.36. The molecule has 1 aromatic rings. The predicted octanol–water partition coefficient (Wildman–Crippen LogP) is 1.67. The second-order valence-electron chi connectivity index (χ2n) is 5.10. The smallest absolute Gasteiger partial charge is 0.162 e. The number of anilines is 1. The molecule has 1 aliphatic carbocycles. The van der Waals surface area contributed by atoms with Gasteiger partial charge in [-0.3, -0.25) is 0 Å².